The molecule has 1 rings (SSSR count). The molecule has 1 atom stereocenters. The SMILES string of the molecule is CCCCc1ccc(CC(OCC)C(=O)O)cc1. The summed E-state index contributed by atoms with van der Waals surface area (Å²) in [5.74, 6) is -0.896. The van der Waals surface area contributed by atoms with Crippen LogP contribution in [-0.4, -0.2) is 23.8 Å². The molecule has 0 aliphatic carbocycles. The van der Waals surface area contributed by atoms with Crippen LogP contribution in [0.3, 0.4) is 0 Å². The van der Waals surface area contributed by atoms with E-state index in [9.17, 15) is 4.79 Å². The van der Waals surface area contributed by atoms with Crippen LogP contribution in [0, 0.1) is 0 Å². The molecule has 1 unspecified atom stereocenters. The molecule has 1 N–H and O–H groups in total. The van der Waals surface area contributed by atoms with Gasteiger partial charge in [-0.15, -0.1) is 0 Å². The van der Waals surface area contributed by atoms with Gasteiger partial charge in [0.25, 0.3) is 0 Å². The van der Waals surface area contributed by atoms with Crippen LogP contribution in [0.15, 0.2) is 24.3 Å². The third-order valence-electron chi connectivity index (χ3n) is 2.91. The predicted molar refractivity (Wildman–Crippen MR) is 71.8 cm³/mol. The molecule has 0 aliphatic rings. The van der Waals surface area contributed by atoms with Gasteiger partial charge in [-0.05, 0) is 30.9 Å². The number of benzene rings is 1. The minimum absolute atomic E-state index is 0.422. The number of carboxylic acid groups (broad SMARTS) is 1. The van der Waals surface area contributed by atoms with Crippen LogP contribution in [0.5, 0.6) is 0 Å². The Hall–Kier alpha value is -1.35. The smallest absolute Gasteiger partial charge is 0.333 e. The number of aliphatic carboxylic acids is 1. The molecule has 3 nitrogen and oxygen atoms in total. The molecule has 0 saturated heterocycles. The monoisotopic (exact) mass is 250 g/mol. The van der Waals surface area contributed by atoms with Crippen molar-refractivity contribution < 1.29 is 14.6 Å². The van der Waals surface area contributed by atoms with Crippen molar-refractivity contribution in [2.45, 2.75) is 45.6 Å². The van der Waals surface area contributed by atoms with Crippen molar-refractivity contribution in [2.75, 3.05) is 6.61 Å². The zero-order chi connectivity index (χ0) is 13.4. The molecular formula is C15H22O3. The van der Waals surface area contributed by atoms with Gasteiger partial charge in [-0.2, -0.15) is 0 Å². The van der Waals surface area contributed by atoms with E-state index in [2.05, 4.69) is 19.1 Å². The van der Waals surface area contributed by atoms with Gasteiger partial charge in [0, 0.05) is 13.0 Å². The maximum absolute atomic E-state index is 11.0. The van der Waals surface area contributed by atoms with Crippen LogP contribution in [0.2, 0.25) is 0 Å². The number of hydrogen-bond donors (Lipinski definition) is 1. The van der Waals surface area contributed by atoms with E-state index < -0.39 is 12.1 Å². The largest absolute Gasteiger partial charge is 0.479 e. The van der Waals surface area contributed by atoms with E-state index in [1.54, 1.807) is 0 Å². The highest BCUT2D eigenvalue weighted by molar-refractivity contribution is 5.72. The number of unbranched alkanes of at least 4 members (excludes halogenated alkanes) is 1. The number of hydrogen-bond acceptors (Lipinski definition) is 2. The summed E-state index contributed by atoms with van der Waals surface area (Å²) in [6, 6.07) is 8.16. The second-order valence-electron chi connectivity index (χ2n) is 4.41. The molecule has 0 spiro atoms. The van der Waals surface area contributed by atoms with E-state index >= 15 is 0 Å². The molecule has 0 radical (unpaired) electrons. The molecule has 3 heteroatoms. The first-order valence-electron chi connectivity index (χ1n) is 6.59. The summed E-state index contributed by atoms with van der Waals surface area (Å²) in [4.78, 5) is 11.0. The van der Waals surface area contributed by atoms with Gasteiger partial charge in [-0.25, -0.2) is 4.79 Å². The van der Waals surface area contributed by atoms with Crippen molar-refractivity contribution in [3.8, 4) is 0 Å². The van der Waals surface area contributed by atoms with Crippen molar-refractivity contribution in [2.24, 2.45) is 0 Å². The molecule has 1 aromatic carbocycles. The zero-order valence-corrected chi connectivity index (χ0v) is 11.2. The van der Waals surface area contributed by atoms with E-state index in [-0.39, 0.29) is 0 Å². The van der Waals surface area contributed by atoms with Crippen LogP contribution in [0.25, 0.3) is 0 Å². The Morgan fingerprint density at radius 2 is 1.83 bits per heavy atom. The quantitative estimate of drug-likeness (QED) is 0.771. The van der Waals surface area contributed by atoms with Crippen LogP contribution in [0.4, 0.5) is 0 Å². The first-order valence-corrected chi connectivity index (χ1v) is 6.59. The molecule has 0 saturated carbocycles. The van der Waals surface area contributed by atoms with Gasteiger partial charge in [0.05, 0.1) is 0 Å². The number of ether oxygens (including phenoxy) is 1. The molecule has 0 heterocycles. The number of rotatable bonds is 8. The van der Waals surface area contributed by atoms with Crippen molar-refractivity contribution in [3.05, 3.63) is 35.4 Å². The lowest BCUT2D eigenvalue weighted by Gasteiger charge is -2.12. The Balaban J connectivity index is 2.58. The van der Waals surface area contributed by atoms with Crippen molar-refractivity contribution in [1.29, 1.82) is 0 Å². The Kier molecular flexibility index (Phi) is 6.44. The fraction of sp³-hybridized carbons (Fsp3) is 0.533. The molecule has 1 aromatic rings. The second-order valence-corrected chi connectivity index (χ2v) is 4.41. The fourth-order valence-corrected chi connectivity index (χ4v) is 1.86. The summed E-state index contributed by atoms with van der Waals surface area (Å²) in [5, 5.41) is 9.01. The summed E-state index contributed by atoms with van der Waals surface area (Å²) in [6.07, 6.45) is 3.15. The maximum Gasteiger partial charge on any atom is 0.333 e. The van der Waals surface area contributed by atoms with Gasteiger partial charge in [-0.1, -0.05) is 37.6 Å². The lowest BCUT2D eigenvalue weighted by Crippen LogP contribution is -2.26. The molecule has 0 aliphatic heterocycles. The van der Waals surface area contributed by atoms with E-state index in [4.69, 9.17) is 9.84 Å². The van der Waals surface area contributed by atoms with Crippen LogP contribution >= 0.6 is 0 Å². The first kappa shape index (κ1) is 14.7. The highest BCUT2D eigenvalue weighted by Crippen LogP contribution is 2.11. The van der Waals surface area contributed by atoms with Crippen molar-refractivity contribution in [3.63, 3.8) is 0 Å². The summed E-state index contributed by atoms with van der Waals surface area (Å²) in [5.41, 5.74) is 2.32. The summed E-state index contributed by atoms with van der Waals surface area (Å²) in [7, 11) is 0. The zero-order valence-electron chi connectivity index (χ0n) is 11.2. The Labute approximate surface area is 109 Å². The minimum Gasteiger partial charge on any atom is -0.479 e. The number of aryl methyl sites for hydroxylation is 1. The average Bonchev–Trinajstić information content (AvgIpc) is 2.37. The third-order valence-corrected chi connectivity index (χ3v) is 2.91. The molecule has 0 fully saturated rings. The normalized spacial score (nSPS) is 12.3. The molecule has 0 aromatic heterocycles. The molecule has 100 valence electrons. The van der Waals surface area contributed by atoms with Crippen molar-refractivity contribution in [1.82, 2.24) is 0 Å². The third kappa shape index (κ3) is 4.88. The van der Waals surface area contributed by atoms with Gasteiger partial charge >= 0.3 is 5.97 Å². The van der Waals surface area contributed by atoms with E-state index in [1.165, 1.54) is 18.4 Å². The summed E-state index contributed by atoms with van der Waals surface area (Å²) in [6.45, 7) is 4.41. The van der Waals surface area contributed by atoms with Crippen LogP contribution in [0.1, 0.15) is 37.8 Å². The van der Waals surface area contributed by atoms with E-state index in [0.29, 0.717) is 13.0 Å². The topological polar surface area (TPSA) is 46.5 Å². The van der Waals surface area contributed by atoms with Crippen LogP contribution in [-0.2, 0) is 22.4 Å². The van der Waals surface area contributed by atoms with Gasteiger partial charge < -0.3 is 9.84 Å². The summed E-state index contributed by atoms with van der Waals surface area (Å²) < 4.78 is 5.20. The van der Waals surface area contributed by atoms with Gasteiger partial charge in [0.2, 0.25) is 0 Å². The first-order chi connectivity index (χ1) is 8.67. The average molecular weight is 250 g/mol. The maximum atomic E-state index is 11.0. The Morgan fingerprint density at radius 1 is 1.22 bits per heavy atom. The minimum atomic E-state index is -0.896. The number of carboxylic acids is 1. The predicted octanol–water partition coefficient (Wildman–Crippen LogP) is 3.06. The van der Waals surface area contributed by atoms with Gasteiger partial charge in [0.1, 0.15) is 0 Å². The van der Waals surface area contributed by atoms with Crippen molar-refractivity contribution >= 4 is 5.97 Å². The lowest BCUT2D eigenvalue weighted by atomic mass is 10.0. The molecule has 0 bridgehead atoms. The Morgan fingerprint density at radius 3 is 2.33 bits per heavy atom. The number of carbonyl (C=O) groups is 1. The van der Waals surface area contributed by atoms with Crippen LogP contribution < -0.4 is 0 Å². The van der Waals surface area contributed by atoms with E-state index in [1.807, 2.05) is 19.1 Å². The molecule has 18 heavy (non-hydrogen) atoms. The standard InChI is InChI=1S/C15H22O3/c1-3-5-6-12-7-9-13(10-8-12)11-14(15(16)17)18-4-2/h7-10,14H,3-6,11H2,1-2H3,(H,16,17). The van der Waals surface area contributed by atoms with E-state index in [0.717, 1.165) is 12.0 Å². The summed E-state index contributed by atoms with van der Waals surface area (Å²) >= 11 is 0. The Bertz CT molecular complexity index is 357. The second kappa shape index (κ2) is 7.88. The van der Waals surface area contributed by atoms with Gasteiger partial charge in [-0.3, -0.25) is 0 Å². The molecular weight excluding hydrogens is 228 g/mol. The molecule has 0 amide bonds. The lowest BCUT2D eigenvalue weighted by molar-refractivity contribution is -0.149. The highest BCUT2D eigenvalue weighted by atomic mass is 16.5. The highest BCUT2D eigenvalue weighted by Gasteiger charge is 2.17. The fourth-order valence-electron chi connectivity index (χ4n) is 1.86. The van der Waals surface area contributed by atoms with Gasteiger partial charge in [0.15, 0.2) is 6.10 Å².